The monoisotopic (exact) mass is 307 g/mol. The lowest BCUT2D eigenvalue weighted by Gasteiger charge is -2.10. The summed E-state index contributed by atoms with van der Waals surface area (Å²) in [6.07, 6.45) is -3.51. The van der Waals surface area contributed by atoms with Crippen molar-refractivity contribution in [3.63, 3.8) is 0 Å². The third-order valence-corrected chi connectivity index (χ3v) is 2.61. The van der Waals surface area contributed by atoms with Crippen LogP contribution in [0.15, 0.2) is 66.9 Å². The molecule has 0 bridgehead atoms. The molecule has 0 aliphatic carbocycles. The minimum absolute atomic E-state index is 0.429. The van der Waals surface area contributed by atoms with Crippen LogP contribution >= 0.6 is 0 Å². The van der Waals surface area contributed by atoms with Crippen LogP contribution in [0, 0.1) is 0 Å². The van der Waals surface area contributed by atoms with E-state index in [4.69, 9.17) is 4.74 Å². The van der Waals surface area contributed by atoms with Crippen molar-refractivity contribution in [2.45, 2.75) is 6.18 Å². The molecule has 0 heterocycles. The Balaban J connectivity index is 2.09. The van der Waals surface area contributed by atoms with Gasteiger partial charge in [0.1, 0.15) is 5.75 Å². The van der Waals surface area contributed by atoms with Crippen LogP contribution < -0.4 is 10.1 Å². The van der Waals surface area contributed by atoms with Crippen LogP contribution in [0.1, 0.15) is 0 Å². The van der Waals surface area contributed by atoms with E-state index in [1.807, 2.05) is 6.07 Å². The molecule has 0 unspecified atom stereocenters. The second-order valence-corrected chi connectivity index (χ2v) is 4.25. The Kier molecular flexibility index (Phi) is 4.83. The maximum absolute atomic E-state index is 12.1. The molecule has 0 aliphatic rings. The van der Waals surface area contributed by atoms with E-state index >= 15 is 0 Å². The number of rotatable bonds is 5. The van der Waals surface area contributed by atoms with Gasteiger partial charge in [0.25, 0.3) is 5.78 Å². The third kappa shape index (κ3) is 4.37. The Morgan fingerprint density at radius 3 is 2.32 bits per heavy atom. The summed E-state index contributed by atoms with van der Waals surface area (Å²) in [6.45, 7) is 0. The number of nitrogens with one attached hydrogen (secondary N) is 1. The molecule has 0 amide bonds. The number of hydrogen-bond acceptors (Lipinski definition) is 3. The first-order chi connectivity index (χ1) is 10.5. The summed E-state index contributed by atoms with van der Waals surface area (Å²) in [6, 6.07) is 15.6. The molecule has 0 aromatic heterocycles. The van der Waals surface area contributed by atoms with Crippen molar-refractivity contribution < 1.29 is 22.7 Å². The molecule has 1 N–H and O–H groups in total. The number of carbonyl (C=O) groups is 1. The zero-order valence-corrected chi connectivity index (χ0v) is 11.3. The quantitative estimate of drug-likeness (QED) is 0.824. The lowest BCUT2D eigenvalue weighted by molar-refractivity contribution is -0.165. The Morgan fingerprint density at radius 2 is 1.64 bits per heavy atom. The SMILES string of the molecule is O=C(/C=C/Nc1ccccc1Oc1ccccc1)C(F)(F)F. The number of ketones is 1. The standard InChI is InChI=1S/C16H12F3NO2/c17-16(18,19)15(21)10-11-20-13-8-4-5-9-14(13)22-12-6-2-1-3-7-12/h1-11,20H/b11-10+. The first-order valence-electron chi connectivity index (χ1n) is 6.33. The Hall–Kier alpha value is -2.76. The number of ether oxygens (including phenoxy) is 1. The van der Waals surface area contributed by atoms with Crippen LogP contribution in [0.4, 0.5) is 18.9 Å². The molecule has 0 saturated heterocycles. The highest BCUT2D eigenvalue weighted by molar-refractivity contribution is 5.94. The van der Waals surface area contributed by atoms with E-state index in [1.54, 1.807) is 48.5 Å². The van der Waals surface area contributed by atoms with Crippen molar-refractivity contribution in [1.29, 1.82) is 0 Å². The van der Waals surface area contributed by atoms with E-state index in [0.29, 0.717) is 23.3 Å². The lowest BCUT2D eigenvalue weighted by Crippen LogP contribution is -2.20. The zero-order valence-electron chi connectivity index (χ0n) is 11.3. The molecule has 2 aromatic carbocycles. The maximum atomic E-state index is 12.1. The summed E-state index contributed by atoms with van der Waals surface area (Å²) < 4.78 is 41.9. The van der Waals surface area contributed by atoms with Crippen LogP contribution in [-0.2, 0) is 4.79 Å². The molecule has 114 valence electrons. The molecule has 0 radical (unpaired) electrons. The fourth-order valence-electron chi connectivity index (χ4n) is 1.59. The van der Waals surface area contributed by atoms with Gasteiger partial charge in [-0.3, -0.25) is 4.79 Å². The van der Waals surface area contributed by atoms with Gasteiger partial charge in [-0.25, -0.2) is 0 Å². The molecule has 0 spiro atoms. The summed E-state index contributed by atoms with van der Waals surface area (Å²) in [7, 11) is 0. The molecule has 0 atom stereocenters. The van der Waals surface area contributed by atoms with Crippen molar-refractivity contribution in [2.24, 2.45) is 0 Å². The smallest absolute Gasteiger partial charge is 0.454 e. The predicted octanol–water partition coefficient (Wildman–Crippen LogP) is 4.54. The summed E-state index contributed by atoms with van der Waals surface area (Å²) in [4.78, 5) is 10.7. The normalized spacial score (nSPS) is 11.4. The number of para-hydroxylation sites is 3. The molecule has 6 heteroatoms. The molecule has 3 nitrogen and oxygen atoms in total. The highest BCUT2D eigenvalue weighted by atomic mass is 19.4. The van der Waals surface area contributed by atoms with Gasteiger partial charge in [-0.1, -0.05) is 30.3 Å². The number of allylic oxidation sites excluding steroid dienone is 1. The van der Waals surface area contributed by atoms with Gasteiger partial charge in [0.2, 0.25) is 0 Å². The van der Waals surface area contributed by atoms with E-state index in [2.05, 4.69) is 5.32 Å². The van der Waals surface area contributed by atoms with Gasteiger partial charge in [-0.15, -0.1) is 0 Å². The topological polar surface area (TPSA) is 38.3 Å². The van der Waals surface area contributed by atoms with Crippen LogP contribution in [0.2, 0.25) is 0 Å². The fraction of sp³-hybridized carbons (Fsp3) is 0.0625. The summed E-state index contributed by atoms with van der Waals surface area (Å²) in [5.74, 6) is -0.911. The summed E-state index contributed by atoms with van der Waals surface area (Å²) in [5.41, 5.74) is 0.442. The van der Waals surface area contributed by atoms with Gasteiger partial charge in [0.05, 0.1) is 5.69 Å². The molecular formula is C16H12F3NO2. The Bertz CT molecular complexity index is 667. The van der Waals surface area contributed by atoms with Gasteiger partial charge in [-0.05, 0) is 24.3 Å². The van der Waals surface area contributed by atoms with E-state index in [0.717, 1.165) is 6.20 Å². The molecule has 22 heavy (non-hydrogen) atoms. The van der Waals surface area contributed by atoms with E-state index < -0.39 is 12.0 Å². The molecular weight excluding hydrogens is 295 g/mol. The third-order valence-electron chi connectivity index (χ3n) is 2.61. The Morgan fingerprint density at radius 1 is 1.00 bits per heavy atom. The highest BCUT2D eigenvalue weighted by Crippen LogP contribution is 2.29. The van der Waals surface area contributed by atoms with Gasteiger partial charge in [0.15, 0.2) is 5.75 Å². The number of hydrogen-bond donors (Lipinski definition) is 1. The fourth-order valence-corrected chi connectivity index (χ4v) is 1.59. The van der Waals surface area contributed by atoms with Crippen molar-refractivity contribution in [3.8, 4) is 11.5 Å². The largest absolute Gasteiger partial charge is 0.455 e. The van der Waals surface area contributed by atoms with E-state index in [-0.39, 0.29) is 0 Å². The van der Waals surface area contributed by atoms with Crippen LogP contribution in [-0.4, -0.2) is 12.0 Å². The maximum Gasteiger partial charge on any atom is 0.454 e. The number of anilines is 1. The second-order valence-electron chi connectivity index (χ2n) is 4.25. The van der Waals surface area contributed by atoms with E-state index in [9.17, 15) is 18.0 Å². The van der Waals surface area contributed by atoms with Crippen molar-refractivity contribution >= 4 is 11.5 Å². The minimum atomic E-state index is -4.88. The molecule has 0 fully saturated rings. The summed E-state index contributed by atoms with van der Waals surface area (Å²) in [5, 5.41) is 2.61. The second kappa shape index (κ2) is 6.80. The highest BCUT2D eigenvalue weighted by Gasteiger charge is 2.36. The average Bonchev–Trinajstić information content (AvgIpc) is 2.49. The van der Waals surface area contributed by atoms with Crippen molar-refractivity contribution in [3.05, 3.63) is 66.9 Å². The van der Waals surface area contributed by atoms with Gasteiger partial charge in [0, 0.05) is 12.3 Å². The first kappa shape index (κ1) is 15.6. The van der Waals surface area contributed by atoms with Crippen LogP contribution in [0.3, 0.4) is 0 Å². The molecule has 2 aromatic rings. The predicted molar refractivity (Wildman–Crippen MR) is 76.8 cm³/mol. The van der Waals surface area contributed by atoms with Crippen molar-refractivity contribution in [2.75, 3.05) is 5.32 Å². The minimum Gasteiger partial charge on any atom is -0.455 e. The lowest BCUT2D eigenvalue weighted by atomic mass is 10.3. The van der Waals surface area contributed by atoms with E-state index in [1.165, 1.54) is 0 Å². The zero-order chi connectivity index (χ0) is 16.0. The molecule has 2 rings (SSSR count). The van der Waals surface area contributed by atoms with Gasteiger partial charge in [-0.2, -0.15) is 13.2 Å². The first-order valence-corrected chi connectivity index (χ1v) is 6.33. The number of carbonyl (C=O) groups excluding carboxylic acids is 1. The molecule has 0 saturated carbocycles. The number of benzene rings is 2. The van der Waals surface area contributed by atoms with Crippen LogP contribution in [0.25, 0.3) is 0 Å². The van der Waals surface area contributed by atoms with Gasteiger partial charge < -0.3 is 10.1 Å². The number of halogens is 3. The number of alkyl halides is 3. The van der Waals surface area contributed by atoms with Gasteiger partial charge >= 0.3 is 6.18 Å². The average molecular weight is 307 g/mol. The Labute approximate surface area is 125 Å². The van der Waals surface area contributed by atoms with Crippen molar-refractivity contribution in [1.82, 2.24) is 0 Å². The molecule has 0 aliphatic heterocycles. The van der Waals surface area contributed by atoms with Crippen LogP contribution in [0.5, 0.6) is 11.5 Å². The summed E-state index contributed by atoms with van der Waals surface area (Å²) >= 11 is 0.